The standard InChI is InChI=1S/C13H10ClI/c1-9-5-6-12(13(15)7-9)10-3-2-4-11(14)8-10/h2-8H,1H3. The molecule has 0 bridgehead atoms. The van der Waals surface area contributed by atoms with Gasteiger partial charge in [-0.1, -0.05) is 41.4 Å². The van der Waals surface area contributed by atoms with Gasteiger partial charge in [0.1, 0.15) is 0 Å². The summed E-state index contributed by atoms with van der Waals surface area (Å²) in [5, 5.41) is 0.781. The van der Waals surface area contributed by atoms with E-state index in [1.165, 1.54) is 20.3 Å². The van der Waals surface area contributed by atoms with Gasteiger partial charge in [0.05, 0.1) is 0 Å². The maximum Gasteiger partial charge on any atom is 0.0412 e. The first-order chi connectivity index (χ1) is 7.16. The molecule has 2 heteroatoms. The Balaban J connectivity index is 2.54. The molecule has 0 aromatic heterocycles. The number of rotatable bonds is 1. The van der Waals surface area contributed by atoms with E-state index in [2.05, 4.69) is 53.8 Å². The Labute approximate surface area is 108 Å². The zero-order valence-corrected chi connectivity index (χ0v) is 11.2. The summed E-state index contributed by atoms with van der Waals surface area (Å²) in [5.41, 5.74) is 3.70. The zero-order chi connectivity index (χ0) is 10.8. The fourth-order valence-corrected chi connectivity index (χ4v) is 2.68. The van der Waals surface area contributed by atoms with Gasteiger partial charge in [-0.2, -0.15) is 0 Å². The number of hydrogen-bond acceptors (Lipinski definition) is 0. The van der Waals surface area contributed by atoms with E-state index < -0.39 is 0 Å². The van der Waals surface area contributed by atoms with Crippen molar-refractivity contribution in [3.8, 4) is 11.1 Å². The smallest absolute Gasteiger partial charge is 0.0412 e. The van der Waals surface area contributed by atoms with Crippen molar-refractivity contribution >= 4 is 34.2 Å². The van der Waals surface area contributed by atoms with Crippen LogP contribution >= 0.6 is 34.2 Å². The molecule has 0 atom stereocenters. The van der Waals surface area contributed by atoms with Gasteiger partial charge in [-0.05, 0) is 58.8 Å². The lowest BCUT2D eigenvalue weighted by atomic mass is 10.0. The normalized spacial score (nSPS) is 10.3. The molecule has 0 radical (unpaired) electrons. The third-order valence-electron chi connectivity index (χ3n) is 2.26. The van der Waals surface area contributed by atoms with Crippen molar-refractivity contribution in [1.29, 1.82) is 0 Å². The Morgan fingerprint density at radius 3 is 2.53 bits per heavy atom. The van der Waals surface area contributed by atoms with Crippen molar-refractivity contribution in [2.75, 3.05) is 0 Å². The minimum Gasteiger partial charge on any atom is -0.0843 e. The van der Waals surface area contributed by atoms with Crippen molar-refractivity contribution in [2.45, 2.75) is 6.92 Å². The minimum absolute atomic E-state index is 0.781. The van der Waals surface area contributed by atoms with E-state index in [4.69, 9.17) is 11.6 Å². The van der Waals surface area contributed by atoms with E-state index >= 15 is 0 Å². The van der Waals surface area contributed by atoms with E-state index in [1.807, 2.05) is 18.2 Å². The third-order valence-corrected chi connectivity index (χ3v) is 3.39. The van der Waals surface area contributed by atoms with Crippen molar-refractivity contribution in [2.24, 2.45) is 0 Å². The van der Waals surface area contributed by atoms with Gasteiger partial charge in [-0.25, -0.2) is 0 Å². The molecule has 2 rings (SSSR count). The van der Waals surface area contributed by atoms with Crippen LogP contribution in [0.5, 0.6) is 0 Å². The summed E-state index contributed by atoms with van der Waals surface area (Å²) in [7, 11) is 0. The highest BCUT2D eigenvalue weighted by atomic mass is 127. The van der Waals surface area contributed by atoms with Gasteiger partial charge in [0.25, 0.3) is 0 Å². The van der Waals surface area contributed by atoms with Crippen LogP contribution < -0.4 is 0 Å². The topological polar surface area (TPSA) is 0 Å². The molecule has 0 heterocycles. The van der Waals surface area contributed by atoms with Crippen molar-refractivity contribution < 1.29 is 0 Å². The Morgan fingerprint density at radius 2 is 1.87 bits per heavy atom. The maximum absolute atomic E-state index is 5.98. The van der Waals surface area contributed by atoms with Crippen molar-refractivity contribution in [3.63, 3.8) is 0 Å². The SMILES string of the molecule is Cc1ccc(-c2cccc(Cl)c2)c(I)c1. The van der Waals surface area contributed by atoms with Gasteiger partial charge < -0.3 is 0 Å². The highest BCUT2D eigenvalue weighted by molar-refractivity contribution is 14.1. The van der Waals surface area contributed by atoms with Gasteiger partial charge in [-0.15, -0.1) is 0 Å². The van der Waals surface area contributed by atoms with Gasteiger partial charge in [0.2, 0.25) is 0 Å². The number of aryl methyl sites for hydroxylation is 1. The molecule has 15 heavy (non-hydrogen) atoms. The summed E-state index contributed by atoms with van der Waals surface area (Å²) in [6.45, 7) is 2.10. The maximum atomic E-state index is 5.98. The molecule has 0 saturated carbocycles. The molecule has 0 fully saturated rings. The highest BCUT2D eigenvalue weighted by Gasteiger charge is 2.03. The molecule has 0 aliphatic heterocycles. The van der Waals surface area contributed by atoms with E-state index in [0.717, 1.165) is 5.02 Å². The Kier molecular flexibility index (Phi) is 3.32. The summed E-state index contributed by atoms with van der Waals surface area (Å²) in [6.07, 6.45) is 0. The van der Waals surface area contributed by atoms with E-state index in [-0.39, 0.29) is 0 Å². The lowest BCUT2D eigenvalue weighted by molar-refractivity contribution is 1.44. The molecular weight excluding hydrogens is 318 g/mol. The molecular formula is C13H10ClI. The molecule has 0 aliphatic rings. The molecule has 0 spiro atoms. The van der Waals surface area contributed by atoms with Crippen LogP contribution in [0.4, 0.5) is 0 Å². The Morgan fingerprint density at radius 1 is 1.07 bits per heavy atom. The molecule has 76 valence electrons. The third kappa shape index (κ3) is 2.52. The van der Waals surface area contributed by atoms with E-state index in [1.54, 1.807) is 0 Å². The largest absolute Gasteiger partial charge is 0.0843 e. The predicted molar refractivity (Wildman–Crippen MR) is 74.3 cm³/mol. The number of benzene rings is 2. The fourth-order valence-electron chi connectivity index (χ4n) is 1.51. The number of hydrogen-bond donors (Lipinski definition) is 0. The van der Waals surface area contributed by atoms with Gasteiger partial charge in [0, 0.05) is 8.59 Å². The Bertz CT molecular complexity index is 492. The van der Waals surface area contributed by atoms with Crippen LogP contribution in [-0.2, 0) is 0 Å². The lowest BCUT2D eigenvalue weighted by Gasteiger charge is -2.06. The predicted octanol–water partition coefficient (Wildman–Crippen LogP) is 4.92. The average Bonchev–Trinajstić information content (AvgIpc) is 2.17. The second kappa shape index (κ2) is 4.54. The van der Waals surface area contributed by atoms with E-state index in [0.29, 0.717) is 0 Å². The second-order valence-electron chi connectivity index (χ2n) is 3.49. The first-order valence-corrected chi connectivity index (χ1v) is 6.14. The molecule has 0 N–H and O–H groups in total. The summed E-state index contributed by atoms with van der Waals surface area (Å²) >= 11 is 8.33. The van der Waals surface area contributed by atoms with Crippen LogP contribution in [0.15, 0.2) is 42.5 Å². The number of halogens is 2. The fraction of sp³-hybridized carbons (Fsp3) is 0.0769. The molecule has 2 aromatic carbocycles. The summed E-state index contributed by atoms with van der Waals surface area (Å²) in [4.78, 5) is 0. The first kappa shape index (κ1) is 11.0. The highest BCUT2D eigenvalue weighted by Crippen LogP contribution is 2.27. The quantitative estimate of drug-likeness (QED) is 0.652. The molecule has 0 nitrogen and oxygen atoms in total. The van der Waals surface area contributed by atoms with Crippen molar-refractivity contribution in [1.82, 2.24) is 0 Å². The first-order valence-electron chi connectivity index (χ1n) is 4.69. The van der Waals surface area contributed by atoms with Crippen LogP contribution in [-0.4, -0.2) is 0 Å². The van der Waals surface area contributed by atoms with Crippen LogP contribution in [0, 0.1) is 10.5 Å². The van der Waals surface area contributed by atoms with Crippen molar-refractivity contribution in [3.05, 3.63) is 56.6 Å². The second-order valence-corrected chi connectivity index (χ2v) is 5.09. The molecule has 0 amide bonds. The van der Waals surface area contributed by atoms with Crippen LogP contribution in [0.2, 0.25) is 5.02 Å². The Hall–Kier alpha value is -0.540. The van der Waals surface area contributed by atoms with Crippen LogP contribution in [0.3, 0.4) is 0 Å². The van der Waals surface area contributed by atoms with Gasteiger partial charge in [0.15, 0.2) is 0 Å². The monoisotopic (exact) mass is 328 g/mol. The lowest BCUT2D eigenvalue weighted by Crippen LogP contribution is -1.84. The zero-order valence-electron chi connectivity index (χ0n) is 8.30. The van der Waals surface area contributed by atoms with Gasteiger partial charge >= 0.3 is 0 Å². The van der Waals surface area contributed by atoms with Gasteiger partial charge in [-0.3, -0.25) is 0 Å². The minimum atomic E-state index is 0.781. The van der Waals surface area contributed by atoms with Crippen LogP contribution in [0.1, 0.15) is 5.56 Å². The molecule has 0 saturated heterocycles. The summed E-state index contributed by atoms with van der Waals surface area (Å²) < 4.78 is 1.26. The average molecular weight is 329 g/mol. The summed E-state index contributed by atoms with van der Waals surface area (Å²) in [5.74, 6) is 0. The van der Waals surface area contributed by atoms with E-state index in [9.17, 15) is 0 Å². The molecule has 0 aliphatic carbocycles. The summed E-state index contributed by atoms with van der Waals surface area (Å²) in [6, 6.07) is 14.4. The van der Waals surface area contributed by atoms with Crippen LogP contribution in [0.25, 0.3) is 11.1 Å². The molecule has 0 unspecified atom stereocenters. The molecule has 2 aromatic rings.